The van der Waals surface area contributed by atoms with Crippen molar-refractivity contribution in [2.75, 3.05) is 0 Å². The van der Waals surface area contributed by atoms with Crippen LogP contribution in [0.3, 0.4) is 0 Å². The van der Waals surface area contributed by atoms with Crippen molar-refractivity contribution in [3.8, 4) is 0 Å². The Morgan fingerprint density at radius 3 is 0.957 bits per heavy atom. The molecule has 2 aromatic carbocycles. The van der Waals surface area contributed by atoms with Crippen molar-refractivity contribution in [2.45, 2.75) is 54.4 Å². The second-order valence-electron chi connectivity index (χ2n) is 8.06. The molecule has 0 saturated heterocycles. The first kappa shape index (κ1) is 28.0. The molecule has 0 fully saturated rings. The van der Waals surface area contributed by atoms with E-state index in [2.05, 4.69) is 90.1 Å². The quantitative estimate of drug-likeness (QED) is 0.586. The molecule has 0 aliphatic carbocycles. The van der Waals surface area contributed by atoms with Gasteiger partial charge in [0.2, 0.25) is 0 Å². The zero-order chi connectivity index (χ0) is 15.2. The average molecular weight is 433 g/mol. The summed E-state index contributed by atoms with van der Waals surface area (Å²) in [7, 11) is 0. The van der Waals surface area contributed by atoms with Gasteiger partial charge in [0.15, 0.2) is 0 Å². The van der Waals surface area contributed by atoms with E-state index in [1.165, 1.54) is 24.0 Å². The van der Waals surface area contributed by atoms with Crippen LogP contribution in [-0.2, 0) is 39.0 Å². The van der Waals surface area contributed by atoms with Crippen LogP contribution in [-0.4, -0.2) is 0 Å². The third-order valence-electron chi connectivity index (χ3n) is 2.93. The molecule has 3 heteroatoms. The molecule has 23 heavy (non-hydrogen) atoms. The molecule has 0 aliphatic rings. The van der Waals surface area contributed by atoms with Gasteiger partial charge in [0.25, 0.3) is 0 Å². The fourth-order valence-corrected chi connectivity index (χ4v) is 2.29. The first-order chi connectivity index (χ1) is 9.16. The molecule has 0 aliphatic heterocycles. The van der Waals surface area contributed by atoms with E-state index in [0.717, 1.165) is 0 Å². The Labute approximate surface area is 175 Å². The van der Waals surface area contributed by atoms with Crippen molar-refractivity contribution in [3.05, 3.63) is 59.7 Å². The second-order valence-corrected chi connectivity index (χ2v) is 8.06. The van der Waals surface area contributed by atoms with E-state index in [1.54, 1.807) is 0 Å². The normalized spacial score (nSPS) is 10.3. The average Bonchev–Trinajstić information content (AvgIpc) is 2.87. The SMILES string of the molecule is CC(C)(C)C[c-]1cccc1.CC(C)(C)C[c-]1cccc1.[Cl-].[Cl-].[Zr+4]. The Kier molecular flexibility index (Phi) is 15.2. The van der Waals surface area contributed by atoms with Crippen LogP contribution in [0.25, 0.3) is 0 Å². The van der Waals surface area contributed by atoms with E-state index in [0.29, 0.717) is 10.8 Å². The molecule has 2 rings (SSSR count). The van der Waals surface area contributed by atoms with Gasteiger partial charge in [-0.1, -0.05) is 54.4 Å². The van der Waals surface area contributed by atoms with Crippen LogP contribution in [0.2, 0.25) is 0 Å². The molecule has 0 N–H and O–H groups in total. The van der Waals surface area contributed by atoms with E-state index in [1.807, 2.05) is 0 Å². The maximum atomic E-state index is 2.26. The minimum absolute atomic E-state index is 0. The third-order valence-corrected chi connectivity index (χ3v) is 2.93. The van der Waals surface area contributed by atoms with Crippen LogP contribution >= 0.6 is 0 Å². The molecule has 0 heterocycles. The molecule has 0 nitrogen and oxygen atoms in total. The molecule has 0 spiro atoms. The van der Waals surface area contributed by atoms with Gasteiger partial charge in [-0.25, -0.2) is 24.3 Å². The minimum Gasteiger partial charge on any atom is -1.00 e. The Hall–Kier alpha value is 0.163. The van der Waals surface area contributed by atoms with Crippen molar-refractivity contribution in [1.29, 1.82) is 0 Å². The van der Waals surface area contributed by atoms with E-state index >= 15 is 0 Å². The second kappa shape index (κ2) is 12.5. The minimum atomic E-state index is 0. The Morgan fingerprint density at radius 1 is 0.565 bits per heavy atom. The molecule has 0 saturated carbocycles. The van der Waals surface area contributed by atoms with Gasteiger partial charge in [-0.3, -0.25) is 0 Å². The summed E-state index contributed by atoms with van der Waals surface area (Å²) in [5, 5.41) is 0. The van der Waals surface area contributed by atoms with E-state index in [-0.39, 0.29) is 51.0 Å². The van der Waals surface area contributed by atoms with Gasteiger partial charge in [-0.05, 0) is 10.8 Å². The van der Waals surface area contributed by atoms with Crippen LogP contribution in [0.4, 0.5) is 0 Å². The summed E-state index contributed by atoms with van der Waals surface area (Å²) < 4.78 is 0. The topological polar surface area (TPSA) is 0 Å². The van der Waals surface area contributed by atoms with Crippen molar-refractivity contribution in [3.63, 3.8) is 0 Å². The Morgan fingerprint density at radius 2 is 0.783 bits per heavy atom. The standard InChI is InChI=1S/2C10H15.2ClH.Zr/c2*1-10(2,3)8-9-6-4-5-7-9;;;/h2*4-7H,8H2,1-3H3;2*1H;/q2*-1;;;+4/p-2. The van der Waals surface area contributed by atoms with E-state index in [4.69, 9.17) is 0 Å². The number of halogens is 2. The summed E-state index contributed by atoms with van der Waals surface area (Å²) in [5.74, 6) is 0. The van der Waals surface area contributed by atoms with Gasteiger partial charge < -0.3 is 24.8 Å². The molecule has 0 bridgehead atoms. The number of rotatable bonds is 2. The van der Waals surface area contributed by atoms with Gasteiger partial charge >= 0.3 is 26.2 Å². The molecule has 0 radical (unpaired) electrons. The summed E-state index contributed by atoms with van der Waals surface area (Å²) in [6.45, 7) is 13.6. The van der Waals surface area contributed by atoms with Gasteiger partial charge in [-0.2, -0.15) is 35.4 Å². The predicted octanol–water partition coefficient (Wildman–Crippen LogP) is -0.00630. The maximum Gasteiger partial charge on any atom is 4.00 e. The number of hydrogen-bond acceptors (Lipinski definition) is 0. The number of hydrogen-bond donors (Lipinski definition) is 0. The van der Waals surface area contributed by atoms with Crippen molar-refractivity contribution < 1.29 is 51.0 Å². The molecule has 0 atom stereocenters. The molecule has 128 valence electrons. The summed E-state index contributed by atoms with van der Waals surface area (Å²) >= 11 is 0. The van der Waals surface area contributed by atoms with E-state index in [9.17, 15) is 0 Å². The van der Waals surface area contributed by atoms with Crippen molar-refractivity contribution in [2.24, 2.45) is 10.8 Å². The Balaban J connectivity index is -0.000000308. The van der Waals surface area contributed by atoms with Crippen LogP contribution in [0.5, 0.6) is 0 Å². The van der Waals surface area contributed by atoms with Crippen LogP contribution in [0, 0.1) is 10.8 Å². The first-order valence-corrected chi connectivity index (χ1v) is 7.57. The summed E-state index contributed by atoms with van der Waals surface area (Å²) in [5.41, 5.74) is 3.75. The molecule has 0 amide bonds. The fraction of sp³-hybridized carbons (Fsp3) is 0.500. The van der Waals surface area contributed by atoms with Crippen molar-refractivity contribution >= 4 is 0 Å². The molecule has 2 aromatic rings. The van der Waals surface area contributed by atoms with Gasteiger partial charge in [0.1, 0.15) is 0 Å². The van der Waals surface area contributed by atoms with Gasteiger partial charge in [0, 0.05) is 0 Å². The first-order valence-electron chi connectivity index (χ1n) is 7.57. The van der Waals surface area contributed by atoms with E-state index < -0.39 is 0 Å². The van der Waals surface area contributed by atoms with Gasteiger partial charge in [0.05, 0.1) is 0 Å². The van der Waals surface area contributed by atoms with Crippen molar-refractivity contribution in [1.82, 2.24) is 0 Å². The Bertz CT molecular complexity index is 410. The van der Waals surface area contributed by atoms with Crippen LogP contribution in [0.15, 0.2) is 48.5 Å². The van der Waals surface area contributed by atoms with Crippen LogP contribution in [0.1, 0.15) is 52.7 Å². The maximum absolute atomic E-state index is 2.26. The zero-order valence-corrected chi connectivity index (χ0v) is 19.3. The van der Waals surface area contributed by atoms with Crippen LogP contribution < -0.4 is 24.8 Å². The predicted molar refractivity (Wildman–Crippen MR) is 90.4 cm³/mol. The third kappa shape index (κ3) is 15.4. The largest absolute Gasteiger partial charge is 4.00 e. The van der Waals surface area contributed by atoms with Gasteiger partial charge in [-0.15, -0.1) is 0 Å². The molecule has 0 unspecified atom stereocenters. The monoisotopic (exact) mass is 430 g/mol. The summed E-state index contributed by atoms with van der Waals surface area (Å²) in [6, 6.07) is 17.1. The summed E-state index contributed by atoms with van der Waals surface area (Å²) in [4.78, 5) is 0. The smallest absolute Gasteiger partial charge is 1.00 e. The molecule has 0 aromatic heterocycles. The molecular formula is C20H30Cl2Zr. The summed E-state index contributed by atoms with van der Waals surface area (Å²) in [6.07, 6.45) is 2.36. The molecular weight excluding hydrogens is 402 g/mol. The zero-order valence-electron chi connectivity index (χ0n) is 15.3. The fourth-order valence-electron chi connectivity index (χ4n) is 2.29.